The largest absolute Gasteiger partial charge is 0.376 e. The molecule has 0 saturated heterocycles. The van der Waals surface area contributed by atoms with Gasteiger partial charge >= 0.3 is 0 Å². The van der Waals surface area contributed by atoms with Gasteiger partial charge in [-0.05, 0) is 51.4 Å². The molecule has 0 unspecified atom stereocenters. The van der Waals surface area contributed by atoms with E-state index >= 15 is 0 Å². The number of ether oxygens (including phenoxy) is 1. The van der Waals surface area contributed by atoms with Gasteiger partial charge in [0, 0.05) is 35.3 Å². The van der Waals surface area contributed by atoms with Crippen molar-refractivity contribution in [2.45, 2.75) is 82.9 Å². The molecule has 0 spiro atoms. The average Bonchev–Trinajstić information content (AvgIpc) is 3.00. The van der Waals surface area contributed by atoms with Crippen LogP contribution in [-0.4, -0.2) is 32.4 Å². The van der Waals surface area contributed by atoms with Crippen molar-refractivity contribution < 1.29 is 4.74 Å². The van der Waals surface area contributed by atoms with Crippen molar-refractivity contribution >= 4 is 5.82 Å². The first kappa shape index (κ1) is 18.7. The molecule has 7 heteroatoms. The van der Waals surface area contributed by atoms with Crippen molar-refractivity contribution in [3.05, 3.63) is 45.3 Å². The number of hydrogen-bond donors (Lipinski definition) is 1. The predicted octanol–water partition coefficient (Wildman–Crippen LogP) is 2.97. The Morgan fingerprint density at radius 2 is 1.86 bits per heavy atom. The summed E-state index contributed by atoms with van der Waals surface area (Å²) in [6.45, 7) is 1.20. The summed E-state index contributed by atoms with van der Waals surface area (Å²) in [6.07, 6.45) is 12.3. The van der Waals surface area contributed by atoms with Crippen molar-refractivity contribution in [1.82, 2.24) is 19.7 Å². The normalized spacial score (nSPS) is 24.3. The maximum absolute atomic E-state index is 12.6. The number of fused-ring (bicyclic) bond motifs is 2. The lowest BCUT2D eigenvalue weighted by Gasteiger charge is -2.31. The van der Waals surface area contributed by atoms with E-state index in [2.05, 4.69) is 15.3 Å². The van der Waals surface area contributed by atoms with Gasteiger partial charge in [-0.2, -0.15) is 5.10 Å². The molecule has 1 aliphatic heterocycles. The highest BCUT2D eigenvalue weighted by Gasteiger charge is 2.26. The number of aryl methyl sites for hydroxylation is 1. The van der Waals surface area contributed by atoms with E-state index < -0.39 is 0 Å². The topological polar surface area (TPSA) is 81.9 Å². The highest BCUT2D eigenvalue weighted by Crippen LogP contribution is 2.31. The standard InChI is InChI=1S/C22H29N5O2/c28-21-12-15-13-29-11-10-19(15)26-27(21)17-8-6-16(7-9-17)25-22-18-4-2-1-3-5-20(18)23-14-24-22/h12,14,16-17H,1-11,13H2,(H,23,24,25). The third-order valence-electron chi connectivity index (χ3n) is 6.62. The molecule has 0 bridgehead atoms. The summed E-state index contributed by atoms with van der Waals surface area (Å²) in [5, 5.41) is 8.39. The van der Waals surface area contributed by atoms with Crippen molar-refractivity contribution in [2.24, 2.45) is 0 Å². The van der Waals surface area contributed by atoms with Crippen molar-refractivity contribution in [3.8, 4) is 0 Å². The third-order valence-corrected chi connectivity index (χ3v) is 6.62. The molecule has 0 atom stereocenters. The molecule has 2 aliphatic carbocycles. The van der Waals surface area contributed by atoms with E-state index in [0.717, 1.165) is 62.0 Å². The average molecular weight is 396 g/mol. The maximum atomic E-state index is 12.6. The minimum Gasteiger partial charge on any atom is -0.376 e. The molecule has 154 valence electrons. The lowest BCUT2D eigenvalue weighted by Crippen LogP contribution is -2.35. The minimum atomic E-state index is 0.00628. The molecule has 0 aromatic carbocycles. The molecule has 2 aromatic heterocycles. The Balaban J connectivity index is 1.27. The fourth-order valence-electron chi connectivity index (χ4n) is 4.97. The van der Waals surface area contributed by atoms with Gasteiger partial charge < -0.3 is 10.1 Å². The summed E-state index contributed by atoms with van der Waals surface area (Å²) in [7, 11) is 0. The summed E-state index contributed by atoms with van der Waals surface area (Å²) in [5.74, 6) is 1.03. The highest BCUT2D eigenvalue weighted by atomic mass is 16.5. The number of nitrogens with one attached hydrogen (secondary N) is 1. The van der Waals surface area contributed by atoms with Gasteiger partial charge in [-0.1, -0.05) is 6.42 Å². The number of hydrogen-bond acceptors (Lipinski definition) is 6. The van der Waals surface area contributed by atoms with Gasteiger partial charge in [-0.15, -0.1) is 0 Å². The Bertz CT molecular complexity index is 933. The quantitative estimate of drug-likeness (QED) is 0.805. The second-order valence-corrected chi connectivity index (χ2v) is 8.56. The van der Waals surface area contributed by atoms with Crippen LogP contribution < -0.4 is 10.9 Å². The molecular weight excluding hydrogens is 366 g/mol. The van der Waals surface area contributed by atoms with Crippen LogP contribution >= 0.6 is 0 Å². The second kappa shape index (κ2) is 8.22. The Kier molecular flexibility index (Phi) is 5.31. The van der Waals surface area contributed by atoms with Crippen LogP contribution in [-0.2, 0) is 30.6 Å². The van der Waals surface area contributed by atoms with E-state index in [1.165, 1.54) is 30.5 Å². The van der Waals surface area contributed by atoms with Crippen LogP contribution in [0.3, 0.4) is 0 Å². The molecule has 1 saturated carbocycles. The SMILES string of the molecule is O=c1cc2c(nn1C1CCC(Nc3ncnc4c3CCCCC4)CC1)CCOC2. The Morgan fingerprint density at radius 1 is 1.00 bits per heavy atom. The number of aromatic nitrogens is 4. The first-order valence-corrected chi connectivity index (χ1v) is 11.1. The zero-order valence-electron chi connectivity index (χ0n) is 16.9. The molecule has 3 heterocycles. The van der Waals surface area contributed by atoms with E-state index in [-0.39, 0.29) is 11.6 Å². The van der Waals surface area contributed by atoms with Crippen LogP contribution in [0.25, 0.3) is 0 Å². The summed E-state index contributed by atoms with van der Waals surface area (Å²) in [5.41, 5.74) is 4.54. The van der Waals surface area contributed by atoms with Gasteiger partial charge in [0.05, 0.1) is 24.9 Å². The molecule has 7 nitrogen and oxygen atoms in total. The Labute approximate surface area is 170 Å². The smallest absolute Gasteiger partial charge is 0.267 e. The van der Waals surface area contributed by atoms with Crippen LogP contribution in [0.4, 0.5) is 5.82 Å². The van der Waals surface area contributed by atoms with Gasteiger partial charge in [-0.25, -0.2) is 14.6 Å². The molecule has 3 aliphatic rings. The number of rotatable bonds is 3. The van der Waals surface area contributed by atoms with E-state index in [1.807, 2.05) is 0 Å². The summed E-state index contributed by atoms with van der Waals surface area (Å²) < 4.78 is 7.18. The van der Waals surface area contributed by atoms with Gasteiger partial charge in [0.1, 0.15) is 12.1 Å². The molecule has 1 fully saturated rings. The highest BCUT2D eigenvalue weighted by molar-refractivity contribution is 5.47. The zero-order chi connectivity index (χ0) is 19.6. The molecule has 5 rings (SSSR count). The lowest BCUT2D eigenvalue weighted by molar-refractivity contribution is 0.107. The molecule has 0 amide bonds. The van der Waals surface area contributed by atoms with Gasteiger partial charge in [0.25, 0.3) is 5.56 Å². The number of nitrogens with zero attached hydrogens (tertiary/aromatic N) is 4. The van der Waals surface area contributed by atoms with Crippen LogP contribution in [0.15, 0.2) is 17.2 Å². The van der Waals surface area contributed by atoms with E-state index in [9.17, 15) is 4.79 Å². The fraction of sp³-hybridized carbons (Fsp3) is 0.636. The first-order chi connectivity index (χ1) is 14.3. The van der Waals surface area contributed by atoms with Gasteiger partial charge in [0.15, 0.2) is 0 Å². The van der Waals surface area contributed by atoms with Crippen molar-refractivity contribution in [1.29, 1.82) is 0 Å². The van der Waals surface area contributed by atoms with E-state index in [1.54, 1.807) is 17.1 Å². The summed E-state index contributed by atoms with van der Waals surface area (Å²) >= 11 is 0. The number of anilines is 1. The molecule has 0 radical (unpaired) electrons. The van der Waals surface area contributed by atoms with Crippen molar-refractivity contribution in [2.75, 3.05) is 11.9 Å². The van der Waals surface area contributed by atoms with Crippen LogP contribution in [0.2, 0.25) is 0 Å². The zero-order valence-corrected chi connectivity index (χ0v) is 16.9. The second-order valence-electron chi connectivity index (χ2n) is 8.56. The molecular formula is C22H29N5O2. The molecule has 2 aromatic rings. The van der Waals surface area contributed by atoms with Gasteiger partial charge in [-0.3, -0.25) is 4.79 Å². The monoisotopic (exact) mass is 395 g/mol. The Hall–Kier alpha value is -2.28. The predicted molar refractivity (Wildman–Crippen MR) is 110 cm³/mol. The lowest BCUT2D eigenvalue weighted by atomic mass is 9.91. The third kappa shape index (κ3) is 3.92. The van der Waals surface area contributed by atoms with Crippen LogP contribution in [0.5, 0.6) is 0 Å². The van der Waals surface area contributed by atoms with E-state index in [4.69, 9.17) is 9.84 Å². The molecule has 1 N–H and O–H groups in total. The Morgan fingerprint density at radius 3 is 2.76 bits per heavy atom. The van der Waals surface area contributed by atoms with Crippen LogP contribution in [0, 0.1) is 0 Å². The summed E-state index contributed by atoms with van der Waals surface area (Å²) in [6, 6.07) is 2.31. The summed E-state index contributed by atoms with van der Waals surface area (Å²) in [4.78, 5) is 21.7. The van der Waals surface area contributed by atoms with E-state index in [0.29, 0.717) is 19.3 Å². The fourth-order valence-corrected chi connectivity index (χ4v) is 4.97. The molecule has 29 heavy (non-hydrogen) atoms. The first-order valence-electron chi connectivity index (χ1n) is 11.1. The minimum absolute atomic E-state index is 0.00628. The van der Waals surface area contributed by atoms with Gasteiger partial charge in [0.2, 0.25) is 0 Å². The van der Waals surface area contributed by atoms with Crippen LogP contribution in [0.1, 0.15) is 73.5 Å². The van der Waals surface area contributed by atoms with Crippen molar-refractivity contribution in [3.63, 3.8) is 0 Å². The maximum Gasteiger partial charge on any atom is 0.267 e.